The first-order valence-corrected chi connectivity index (χ1v) is 5.03. The minimum atomic E-state index is 0.357. The minimum absolute atomic E-state index is 0.357. The van der Waals surface area contributed by atoms with Gasteiger partial charge in [0.2, 0.25) is 0 Å². The van der Waals surface area contributed by atoms with E-state index < -0.39 is 0 Å². The number of hydrogen-bond donors (Lipinski definition) is 2. The number of carbonyl (C=O) groups is 1. The smallest absolute Gasteiger partial charge is 0.133 e. The molecular formula is C9H12BrN3O. The van der Waals surface area contributed by atoms with Crippen molar-refractivity contribution in [3.8, 4) is 0 Å². The van der Waals surface area contributed by atoms with E-state index in [1.54, 1.807) is 6.20 Å². The first-order valence-electron chi connectivity index (χ1n) is 4.24. The highest BCUT2D eigenvalue weighted by molar-refractivity contribution is 9.10. The van der Waals surface area contributed by atoms with E-state index in [1.165, 1.54) is 0 Å². The van der Waals surface area contributed by atoms with Crippen LogP contribution in [0.5, 0.6) is 0 Å². The second kappa shape index (κ2) is 5.72. The van der Waals surface area contributed by atoms with Gasteiger partial charge in [-0.15, -0.1) is 0 Å². The van der Waals surface area contributed by atoms with Crippen molar-refractivity contribution in [1.82, 2.24) is 10.3 Å². The molecule has 0 fully saturated rings. The Morgan fingerprint density at radius 3 is 3.07 bits per heavy atom. The third-order valence-electron chi connectivity index (χ3n) is 1.71. The summed E-state index contributed by atoms with van der Waals surface area (Å²) < 4.78 is 0.930. The number of halogens is 1. The number of nitrogens with one attached hydrogen (secondary N) is 2. The van der Waals surface area contributed by atoms with E-state index in [0.717, 1.165) is 22.1 Å². The van der Waals surface area contributed by atoms with Crippen molar-refractivity contribution in [2.45, 2.75) is 6.54 Å². The van der Waals surface area contributed by atoms with E-state index in [-0.39, 0.29) is 0 Å². The second-order valence-electron chi connectivity index (χ2n) is 2.71. The molecule has 0 radical (unpaired) electrons. The molecule has 0 saturated heterocycles. The van der Waals surface area contributed by atoms with Gasteiger partial charge in [-0.1, -0.05) is 0 Å². The Morgan fingerprint density at radius 1 is 1.64 bits per heavy atom. The number of aromatic nitrogens is 1. The summed E-state index contributed by atoms with van der Waals surface area (Å²) in [6.07, 6.45) is 2.57. The molecule has 0 aliphatic carbocycles. The summed E-state index contributed by atoms with van der Waals surface area (Å²) in [6, 6.07) is 1.97. The van der Waals surface area contributed by atoms with Crippen LogP contribution in [0.2, 0.25) is 0 Å². The van der Waals surface area contributed by atoms with Crippen LogP contribution in [0.25, 0.3) is 0 Å². The molecule has 1 heterocycles. The fraction of sp³-hybridized carbons (Fsp3) is 0.333. The molecule has 1 aromatic rings. The van der Waals surface area contributed by atoms with Gasteiger partial charge < -0.3 is 15.4 Å². The lowest BCUT2D eigenvalue weighted by atomic mass is 10.2. The molecule has 5 heteroatoms. The van der Waals surface area contributed by atoms with Gasteiger partial charge in [0.1, 0.15) is 12.1 Å². The maximum absolute atomic E-state index is 10.1. The van der Waals surface area contributed by atoms with E-state index in [9.17, 15) is 4.79 Å². The van der Waals surface area contributed by atoms with Crippen LogP contribution < -0.4 is 10.6 Å². The van der Waals surface area contributed by atoms with Gasteiger partial charge in [0.15, 0.2) is 0 Å². The van der Waals surface area contributed by atoms with Crippen molar-refractivity contribution in [3.05, 3.63) is 22.3 Å². The van der Waals surface area contributed by atoms with E-state index in [1.807, 2.05) is 13.1 Å². The van der Waals surface area contributed by atoms with Crippen LogP contribution in [-0.2, 0) is 11.3 Å². The van der Waals surface area contributed by atoms with Crippen molar-refractivity contribution in [2.75, 3.05) is 18.9 Å². The summed E-state index contributed by atoms with van der Waals surface area (Å²) in [4.78, 5) is 14.3. The Morgan fingerprint density at radius 2 is 2.43 bits per heavy atom. The summed E-state index contributed by atoms with van der Waals surface area (Å²) >= 11 is 3.35. The van der Waals surface area contributed by atoms with Gasteiger partial charge in [-0.05, 0) is 22.0 Å². The zero-order valence-electron chi connectivity index (χ0n) is 7.88. The number of pyridine rings is 1. The van der Waals surface area contributed by atoms with E-state index in [4.69, 9.17) is 0 Å². The van der Waals surface area contributed by atoms with Gasteiger partial charge in [-0.2, -0.15) is 0 Å². The molecule has 76 valence electrons. The molecule has 4 nitrogen and oxygen atoms in total. The topological polar surface area (TPSA) is 54.0 Å². The zero-order chi connectivity index (χ0) is 10.4. The third-order valence-corrected chi connectivity index (χ3v) is 2.15. The number of aldehydes is 1. The molecule has 0 saturated carbocycles. The molecule has 0 aromatic carbocycles. The molecule has 0 aliphatic rings. The van der Waals surface area contributed by atoms with Crippen LogP contribution in [0.3, 0.4) is 0 Å². The minimum Gasteiger partial charge on any atom is -0.373 e. The average molecular weight is 258 g/mol. The van der Waals surface area contributed by atoms with Crippen molar-refractivity contribution >= 4 is 28.0 Å². The van der Waals surface area contributed by atoms with Gasteiger partial charge in [0.25, 0.3) is 0 Å². The normalized spacial score (nSPS) is 9.86. The maximum Gasteiger partial charge on any atom is 0.133 e. The van der Waals surface area contributed by atoms with Crippen molar-refractivity contribution in [3.63, 3.8) is 0 Å². The quantitative estimate of drug-likeness (QED) is 0.615. The Balaban J connectivity index is 2.71. The van der Waals surface area contributed by atoms with E-state index in [2.05, 4.69) is 31.5 Å². The van der Waals surface area contributed by atoms with Crippen LogP contribution in [0.4, 0.5) is 5.82 Å². The number of anilines is 1. The molecule has 1 aromatic heterocycles. The predicted octanol–water partition coefficient (Wildman–Crippen LogP) is 1.17. The monoisotopic (exact) mass is 257 g/mol. The molecule has 2 N–H and O–H groups in total. The SMILES string of the molecule is CNc1ncc(Br)cc1CNCC=O. The van der Waals surface area contributed by atoms with Crippen LogP contribution in [0.1, 0.15) is 5.56 Å². The van der Waals surface area contributed by atoms with Gasteiger partial charge in [-0.25, -0.2) is 4.98 Å². The van der Waals surface area contributed by atoms with Crippen LogP contribution in [0, 0.1) is 0 Å². The Kier molecular flexibility index (Phi) is 4.55. The highest BCUT2D eigenvalue weighted by atomic mass is 79.9. The van der Waals surface area contributed by atoms with E-state index in [0.29, 0.717) is 13.1 Å². The predicted molar refractivity (Wildman–Crippen MR) is 59.3 cm³/mol. The summed E-state index contributed by atoms with van der Waals surface area (Å²) in [5.41, 5.74) is 1.03. The molecule has 0 amide bonds. The van der Waals surface area contributed by atoms with Crippen LogP contribution in [0.15, 0.2) is 16.7 Å². The molecule has 0 unspecified atom stereocenters. The fourth-order valence-electron chi connectivity index (χ4n) is 1.11. The molecule has 0 bridgehead atoms. The highest BCUT2D eigenvalue weighted by Gasteiger charge is 2.02. The Bertz CT molecular complexity index is 317. The molecule has 0 atom stereocenters. The Hall–Kier alpha value is -0.940. The molecule has 0 aliphatic heterocycles. The van der Waals surface area contributed by atoms with Crippen LogP contribution in [-0.4, -0.2) is 24.9 Å². The standard InChI is InChI=1S/C9H12BrN3O/c1-11-9-7(5-12-2-3-14)4-8(10)6-13-9/h3-4,6,12H,2,5H2,1H3,(H,11,13). The number of carbonyl (C=O) groups excluding carboxylic acids is 1. The molecule has 1 rings (SSSR count). The van der Waals surface area contributed by atoms with Crippen molar-refractivity contribution < 1.29 is 4.79 Å². The second-order valence-corrected chi connectivity index (χ2v) is 3.62. The zero-order valence-corrected chi connectivity index (χ0v) is 9.47. The van der Waals surface area contributed by atoms with Crippen LogP contribution >= 0.6 is 15.9 Å². The summed E-state index contributed by atoms with van der Waals surface area (Å²) in [5.74, 6) is 0.826. The van der Waals surface area contributed by atoms with E-state index >= 15 is 0 Å². The summed E-state index contributed by atoms with van der Waals surface area (Å²) in [5, 5.41) is 5.97. The van der Waals surface area contributed by atoms with Gasteiger partial charge in [0.05, 0.1) is 6.54 Å². The molecular weight excluding hydrogens is 246 g/mol. The maximum atomic E-state index is 10.1. The number of nitrogens with zero attached hydrogens (tertiary/aromatic N) is 1. The number of rotatable bonds is 5. The third kappa shape index (κ3) is 3.08. The van der Waals surface area contributed by atoms with Gasteiger partial charge >= 0.3 is 0 Å². The van der Waals surface area contributed by atoms with Crippen molar-refractivity contribution in [2.24, 2.45) is 0 Å². The first-order chi connectivity index (χ1) is 6.77. The Labute approximate surface area is 91.2 Å². The highest BCUT2D eigenvalue weighted by Crippen LogP contribution is 2.17. The molecule has 0 spiro atoms. The summed E-state index contributed by atoms with van der Waals surface area (Å²) in [7, 11) is 1.82. The van der Waals surface area contributed by atoms with Crippen molar-refractivity contribution in [1.29, 1.82) is 0 Å². The first kappa shape index (κ1) is 11.1. The lowest BCUT2D eigenvalue weighted by Gasteiger charge is -2.08. The fourth-order valence-corrected chi connectivity index (χ4v) is 1.49. The average Bonchev–Trinajstić information content (AvgIpc) is 2.19. The summed E-state index contributed by atoms with van der Waals surface area (Å²) in [6.45, 7) is 0.983. The molecule has 14 heavy (non-hydrogen) atoms. The van der Waals surface area contributed by atoms with Gasteiger partial charge in [-0.3, -0.25) is 0 Å². The lowest BCUT2D eigenvalue weighted by Crippen LogP contribution is -2.16. The number of hydrogen-bond acceptors (Lipinski definition) is 4. The largest absolute Gasteiger partial charge is 0.373 e. The van der Waals surface area contributed by atoms with Gasteiger partial charge in [0, 0.05) is 29.8 Å². The lowest BCUT2D eigenvalue weighted by molar-refractivity contribution is -0.107.